The second-order valence-electron chi connectivity index (χ2n) is 2.61. The van der Waals surface area contributed by atoms with Crippen LogP contribution in [-0.4, -0.2) is 18.9 Å². The predicted molar refractivity (Wildman–Crippen MR) is 51.5 cm³/mol. The second kappa shape index (κ2) is 5.01. The number of hydrogen-bond acceptors (Lipinski definition) is 3. The van der Waals surface area contributed by atoms with Gasteiger partial charge in [-0.25, -0.2) is 4.79 Å². The van der Waals surface area contributed by atoms with Crippen LogP contribution in [0.2, 0.25) is 0 Å². The summed E-state index contributed by atoms with van der Waals surface area (Å²) in [4.78, 5) is 21.3. The number of amides is 1. The first-order valence-corrected chi connectivity index (χ1v) is 4.27. The fraction of sp³-hybridized carbons (Fsp3) is 0.200. The van der Waals surface area contributed by atoms with E-state index in [2.05, 4.69) is 5.32 Å². The molecule has 1 aromatic rings. The maximum Gasteiger partial charge on any atom is 0.412 e. The molecule has 0 bridgehead atoms. The number of benzene rings is 1. The van der Waals surface area contributed by atoms with Crippen molar-refractivity contribution in [2.45, 2.75) is 6.92 Å². The van der Waals surface area contributed by atoms with Crippen LogP contribution in [0.3, 0.4) is 0 Å². The van der Waals surface area contributed by atoms with E-state index >= 15 is 0 Å². The highest BCUT2D eigenvalue weighted by molar-refractivity contribution is 5.75. The van der Waals surface area contributed by atoms with Gasteiger partial charge in [0.25, 0.3) is 0 Å². The first-order chi connectivity index (χ1) is 6.76. The molecular weight excluding hydrogens is 182 g/mol. The Morgan fingerprint density at radius 2 is 2.07 bits per heavy atom. The summed E-state index contributed by atoms with van der Waals surface area (Å²) in [5.41, 5.74) is 0.549. The van der Waals surface area contributed by atoms with Gasteiger partial charge < -0.3 is 10.1 Å². The minimum atomic E-state index is -0.494. The third kappa shape index (κ3) is 2.90. The Kier molecular flexibility index (Phi) is 3.67. The van der Waals surface area contributed by atoms with Crippen LogP contribution >= 0.6 is 0 Å². The number of rotatable bonds is 3. The van der Waals surface area contributed by atoms with Crippen molar-refractivity contribution in [1.82, 2.24) is 5.32 Å². The lowest BCUT2D eigenvalue weighted by atomic mass is 10.2. The summed E-state index contributed by atoms with van der Waals surface area (Å²) in [6, 6.07) is 6.31. The smallest absolute Gasteiger partial charge is 0.410 e. The van der Waals surface area contributed by atoms with Crippen LogP contribution in [-0.2, 0) is 0 Å². The van der Waals surface area contributed by atoms with Gasteiger partial charge in [0.1, 0.15) is 12.0 Å². The Hall–Kier alpha value is -1.84. The van der Waals surface area contributed by atoms with Crippen molar-refractivity contribution >= 4 is 12.4 Å². The molecule has 0 radical (unpaired) electrons. The molecule has 1 amide bonds. The maximum atomic E-state index is 11.0. The SMILES string of the molecule is CCNC(=O)Oc1ccc(C=O)cc1. The van der Waals surface area contributed by atoms with Crippen LogP contribution in [0.5, 0.6) is 5.75 Å². The quantitative estimate of drug-likeness (QED) is 0.742. The molecule has 74 valence electrons. The summed E-state index contributed by atoms with van der Waals surface area (Å²) in [7, 11) is 0. The van der Waals surface area contributed by atoms with Gasteiger partial charge in [-0.15, -0.1) is 0 Å². The van der Waals surface area contributed by atoms with Gasteiger partial charge >= 0.3 is 6.09 Å². The maximum absolute atomic E-state index is 11.0. The standard InChI is InChI=1S/C10H11NO3/c1-2-11-10(13)14-9-5-3-8(7-12)4-6-9/h3-7H,2H2,1H3,(H,11,13). The van der Waals surface area contributed by atoms with Crippen LogP contribution in [0.4, 0.5) is 4.79 Å². The van der Waals surface area contributed by atoms with Gasteiger partial charge in [0.2, 0.25) is 0 Å². The molecule has 0 aromatic heterocycles. The summed E-state index contributed by atoms with van der Waals surface area (Å²) in [6.45, 7) is 2.32. The molecule has 1 rings (SSSR count). The van der Waals surface area contributed by atoms with Gasteiger partial charge in [0, 0.05) is 12.1 Å². The van der Waals surface area contributed by atoms with Crippen molar-refractivity contribution in [3.63, 3.8) is 0 Å². The van der Waals surface area contributed by atoms with Crippen LogP contribution in [0, 0.1) is 0 Å². The number of carbonyl (C=O) groups is 2. The summed E-state index contributed by atoms with van der Waals surface area (Å²) in [5.74, 6) is 0.418. The molecule has 4 nitrogen and oxygen atoms in total. The van der Waals surface area contributed by atoms with E-state index < -0.39 is 6.09 Å². The largest absolute Gasteiger partial charge is 0.412 e. The number of carbonyl (C=O) groups excluding carboxylic acids is 2. The Bertz CT molecular complexity index is 319. The molecule has 14 heavy (non-hydrogen) atoms. The molecule has 1 N–H and O–H groups in total. The van der Waals surface area contributed by atoms with E-state index in [1.54, 1.807) is 31.2 Å². The average Bonchev–Trinajstić information content (AvgIpc) is 2.19. The van der Waals surface area contributed by atoms with E-state index in [9.17, 15) is 9.59 Å². The summed E-state index contributed by atoms with van der Waals surface area (Å²) in [6.07, 6.45) is 0.238. The van der Waals surface area contributed by atoms with Gasteiger partial charge in [0.15, 0.2) is 0 Å². The third-order valence-corrected chi connectivity index (χ3v) is 1.55. The number of nitrogens with one attached hydrogen (secondary N) is 1. The molecular formula is C10H11NO3. The summed E-state index contributed by atoms with van der Waals surface area (Å²) >= 11 is 0. The van der Waals surface area contributed by atoms with Crippen molar-refractivity contribution in [3.8, 4) is 5.75 Å². The fourth-order valence-corrected chi connectivity index (χ4v) is 0.902. The molecule has 4 heteroatoms. The first-order valence-electron chi connectivity index (χ1n) is 4.27. The van der Waals surface area contributed by atoms with Crippen molar-refractivity contribution in [1.29, 1.82) is 0 Å². The highest BCUT2D eigenvalue weighted by Crippen LogP contribution is 2.10. The van der Waals surface area contributed by atoms with E-state index in [0.717, 1.165) is 6.29 Å². The minimum absolute atomic E-state index is 0.418. The van der Waals surface area contributed by atoms with Gasteiger partial charge in [-0.05, 0) is 31.2 Å². The molecule has 0 saturated carbocycles. The fourth-order valence-electron chi connectivity index (χ4n) is 0.902. The van der Waals surface area contributed by atoms with Crippen LogP contribution in [0.15, 0.2) is 24.3 Å². The van der Waals surface area contributed by atoms with E-state index in [-0.39, 0.29) is 0 Å². The summed E-state index contributed by atoms with van der Waals surface area (Å²) in [5, 5.41) is 2.49. The van der Waals surface area contributed by atoms with E-state index in [1.165, 1.54) is 0 Å². The molecule has 0 aliphatic rings. The van der Waals surface area contributed by atoms with Gasteiger partial charge in [0.05, 0.1) is 0 Å². The molecule has 0 aliphatic heterocycles. The lowest BCUT2D eigenvalue weighted by molar-refractivity contribution is 0.112. The molecule has 0 atom stereocenters. The Balaban J connectivity index is 2.59. The first kappa shape index (κ1) is 10.2. The molecule has 1 aromatic carbocycles. The third-order valence-electron chi connectivity index (χ3n) is 1.55. The number of hydrogen-bond donors (Lipinski definition) is 1. The lowest BCUT2D eigenvalue weighted by Gasteiger charge is -2.03. The van der Waals surface area contributed by atoms with Gasteiger partial charge in [-0.3, -0.25) is 4.79 Å². The van der Waals surface area contributed by atoms with Crippen LogP contribution in [0.25, 0.3) is 0 Å². The van der Waals surface area contributed by atoms with Gasteiger partial charge in [-0.1, -0.05) is 0 Å². The second-order valence-corrected chi connectivity index (χ2v) is 2.61. The molecule has 0 saturated heterocycles. The van der Waals surface area contributed by atoms with E-state index in [1.807, 2.05) is 0 Å². The van der Waals surface area contributed by atoms with Crippen molar-refractivity contribution in [2.75, 3.05) is 6.54 Å². The van der Waals surface area contributed by atoms with Crippen molar-refractivity contribution < 1.29 is 14.3 Å². The average molecular weight is 193 g/mol. The van der Waals surface area contributed by atoms with Gasteiger partial charge in [-0.2, -0.15) is 0 Å². The van der Waals surface area contributed by atoms with Crippen LogP contribution in [0.1, 0.15) is 17.3 Å². The number of ether oxygens (including phenoxy) is 1. The Morgan fingerprint density at radius 1 is 1.43 bits per heavy atom. The molecule has 0 fully saturated rings. The molecule has 0 unspecified atom stereocenters. The topological polar surface area (TPSA) is 55.4 Å². The Labute approximate surface area is 81.9 Å². The lowest BCUT2D eigenvalue weighted by Crippen LogP contribution is -2.26. The highest BCUT2D eigenvalue weighted by Gasteiger charge is 2.01. The highest BCUT2D eigenvalue weighted by atomic mass is 16.5. The number of aldehydes is 1. The molecule has 0 heterocycles. The molecule has 0 aliphatic carbocycles. The van der Waals surface area contributed by atoms with Crippen molar-refractivity contribution in [3.05, 3.63) is 29.8 Å². The van der Waals surface area contributed by atoms with Crippen molar-refractivity contribution in [2.24, 2.45) is 0 Å². The van der Waals surface area contributed by atoms with Crippen LogP contribution < -0.4 is 10.1 Å². The normalized spacial score (nSPS) is 9.21. The zero-order valence-corrected chi connectivity index (χ0v) is 7.82. The minimum Gasteiger partial charge on any atom is -0.410 e. The molecule has 0 spiro atoms. The van der Waals surface area contributed by atoms with E-state index in [0.29, 0.717) is 17.9 Å². The summed E-state index contributed by atoms with van der Waals surface area (Å²) < 4.78 is 4.89. The zero-order chi connectivity index (χ0) is 10.4. The van der Waals surface area contributed by atoms with E-state index in [4.69, 9.17) is 4.74 Å². The monoisotopic (exact) mass is 193 g/mol. The Morgan fingerprint density at radius 3 is 2.57 bits per heavy atom. The predicted octanol–water partition coefficient (Wildman–Crippen LogP) is 1.61. The zero-order valence-electron chi connectivity index (χ0n) is 7.82.